The summed E-state index contributed by atoms with van der Waals surface area (Å²) in [6.45, 7) is 7.93. The molecule has 22 heavy (non-hydrogen) atoms. The molecule has 1 fully saturated rings. The lowest BCUT2D eigenvalue weighted by molar-refractivity contribution is -0.141. The highest BCUT2D eigenvalue weighted by Crippen LogP contribution is 2.60. The molecular weight excluding hydrogens is 282 g/mol. The first-order chi connectivity index (χ1) is 10.4. The van der Waals surface area contributed by atoms with Gasteiger partial charge >= 0.3 is 12.1 Å². The van der Waals surface area contributed by atoms with Crippen LogP contribution in [0.1, 0.15) is 25.8 Å². The average Bonchev–Trinajstić information content (AvgIpc) is 2.98. The third-order valence-electron chi connectivity index (χ3n) is 5.00. The number of ether oxygens (including phenoxy) is 2. The van der Waals surface area contributed by atoms with Crippen molar-refractivity contribution in [3.63, 3.8) is 0 Å². The number of para-hydroxylation sites is 1. The molecule has 0 bridgehead atoms. The maximum atomic E-state index is 12.3. The summed E-state index contributed by atoms with van der Waals surface area (Å²) in [5, 5.41) is 0. The van der Waals surface area contributed by atoms with Crippen molar-refractivity contribution in [3.8, 4) is 0 Å². The van der Waals surface area contributed by atoms with Crippen molar-refractivity contribution in [1.82, 2.24) is 0 Å². The molecule has 0 spiro atoms. The molecule has 3 rings (SSSR count). The number of esters is 1. The van der Waals surface area contributed by atoms with Crippen LogP contribution in [0, 0.1) is 5.41 Å². The smallest absolute Gasteiger partial charge is 0.417 e. The summed E-state index contributed by atoms with van der Waals surface area (Å²) in [7, 11) is 1.32. The molecule has 2 heterocycles. The summed E-state index contributed by atoms with van der Waals surface area (Å²) in [5.74, 6) is -0.316. The van der Waals surface area contributed by atoms with E-state index in [1.807, 2.05) is 44.2 Å². The Kier molecular flexibility index (Phi) is 3.06. The van der Waals surface area contributed by atoms with Crippen molar-refractivity contribution in [2.45, 2.75) is 31.9 Å². The lowest BCUT2D eigenvalue weighted by Crippen LogP contribution is -2.51. The van der Waals surface area contributed by atoms with Crippen molar-refractivity contribution >= 4 is 17.7 Å². The third kappa shape index (κ3) is 1.59. The minimum atomic E-state index is -0.710. The zero-order chi connectivity index (χ0) is 16.1. The normalized spacial score (nSPS) is 26.2. The standard InChI is InChI=1S/C17H19NO4/c1-5-16(2,3)17-10-13(19)22-14(17)18(15(20)21-4)12-9-7-6-8-11(12)17/h5-9,14H,1,10H2,2-4H3/t14-,17+/m0/s1. The summed E-state index contributed by atoms with van der Waals surface area (Å²) in [5.41, 5.74) is 0.544. The fourth-order valence-corrected chi connectivity index (χ4v) is 3.64. The van der Waals surface area contributed by atoms with Crippen LogP contribution < -0.4 is 4.90 Å². The highest BCUT2D eigenvalue weighted by Gasteiger charge is 2.66. The monoisotopic (exact) mass is 301 g/mol. The number of carbonyl (C=O) groups excluding carboxylic acids is 2. The molecule has 1 amide bonds. The SMILES string of the molecule is C=CC(C)(C)[C@@]12CC(=O)O[C@@H]1N(C(=O)OC)c1ccccc12. The molecule has 2 aliphatic heterocycles. The topological polar surface area (TPSA) is 55.8 Å². The van der Waals surface area contributed by atoms with E-state index < -0.39 is 23.2 Å². The summed E-state index contributed by atoms with van der Waals surface area (Å²) in [4.78, 5) is 25.8. The summed E-state index contributed by atoms with van der Waals surface area (Å²) in [6.07, 6.45) is 0.785. The minimum Gasteiger partial charge on any atom is -0.452 e. The van der Waals surface area contributed by atoms with E-state index in [0.717, 1.165) is 11.3 Å². The van der Waals surface area contributed by atoms with Crippen LogP contribution in [0.15, 0.2) is 36.9 Å². The number of hydrogen-bond donors (Lipinski definition) is 0. The molecule has 1 aromatic carbocycles. The van der Waals surface area contributed by atoms with E-state index in [0.29, 0.717) is 0 Å². The second-order valence-corrected chi connectivity index (χ2v) is 6.27. The number of anilines is 1. The fourth-order valence-electron chi connectivity index (χ4n) is 3.64. The van der Waals surface area contributed by atoms with Gasteiger partial charge in [0.05, 0.1) is 24.6 Å². The van der Waals surface area contributed by atoms with E-state index in [-0.39, 0.29) is 12.4 Å². The number of nitrogens with zero attached hydrogens (tertiary/aromatic N) is 1. The highest BCUT2D eigenvalue weighted by molar-refractivity contribution is 5.95. The average molecular weight is 301 g/mol. The van der Waals surface area contributed by atoms with Crippen molar-refractivity contribution < 1.29 is 19.1 Å². The molecule has 5 nitrogen and oxygen atoms in total. The van der Waals surface area contributed by atoms with Crippen molar-refractivity contribution in [2.75, 3.05) is 12.0 Å². The molecule has 0 unspecified atom stereocenters. The number of methoxy groups -OCH3 is 1. The van der Waals surface area contributed by atoms with E-state index in [1.165, 1.54) is 12.0 Å². The molecule has 0 aliphatic carbocycles. The lowest BCUT2D eigenvalue weighted by Gasteiger charge is -2.41. The Balaban J connectivity index is 2.29. The van der Waals surface area contributed by atoms with Crippen molar-refractivity contribution in [1.29, 1.82) is 0 Å². The lowest BCUT2D eigenvalue weighted by atomic mass is 9.61. The van der Waals surface area contributed by atoms with Crippen LogP contribution in [0.4, 0.5) is 10.5 Å². The van der Waals surface area contributed by atoms with Crippen LogP contribution in [-0.2, 0) is 19.7 Å². The Labute approximate surface area is 129 Å². The van der Waals surface area contributed by atoms with E-state index in [2.05, 4.69) is 6.58 Å². The highest BCUT2D eigenvalue weighted by atomic mass is 16.6. The van der Waals surface area contributed by atoms with E-state index in [9.17, 15) is 9.59 Å². The van der Waals surface area contributed by atoms with Gasteiger partial charge < -0.3 is 9.47 Å². The van der Waals surface area contributed by atoms with Gasteiger partial charge in [-0.15, -0.1) is 6.58 Å². The molecule has 1 aromatic rings. The predicted molar refractivity (Wildman–Crippen MR) is 81.5 cm³/mol. The Morgan fingerprint density at radius 2 is 2.18 bits per heavy atom. The second-order valence-electron chi connectivity index (χ2n) is 6.27. The van der Waals surface area contributed by atoms with Crippen LogP contribution >= 0.6 is 0 Å². The van der Waals surface area contributed by atoms with Crippen LogP contribution in [0.25, 0.3) is 0 Å². The quantitative estimate of drug-likeness (QED) is 0.622. The summed E-state index contributed by atoms with van der Waals surface area (Å²) in [6, 6.07) is 7.55. The van der Waals surface area contributed by atoms with Gasteiger partial charge in [0.2, 0.25) is 0 Å². The molecule has 2 atom stereocenters. The van der Waals surface area contributed by atoms with Crippen molar-refractivity contribution in [2.24, 2.45) is 5.41 Å². The molecule has 5 heteroatoms. The number of rotatable bonds is 2. The van der Waals surface area contributed by atoms with Gasteiger partial charge in [0.1, 0.15) is 0 Å². The number of hydrogen-bond acceptors (Lipinski definition) is 4. The molecule has 0 aromatic heterocycles. The van der Waals surface area contributed by atoms with Crippen LogP contribution in [-0.4, -0.2) is 25.4 Å². The Hall–Kier alpha value is -2.30. The van der Waals surface area contributed by atoms with Gasteiger partial charge in [0, 0.05) is 0 Å². The fraction of sp³-hybridized carbons (Fsp3) is 0.412. The third-order valence-corrected chi connectivity index (χ3v) is 5.00. The first kappa shape index (κ1) is 14.6. The minimum absolute atomic E-state index is 0.210. The van der Waals surface area contributed by atoms with Gasteiger partial charge in [0.25, 0.3) is 0 Å². The zero-order valence-corrected chi connectivity index (χ0v) is 13.0. The van der Waals surface area contributed by atoms with Crippen LogP contribution in [0.3, 0.4) is 0 Å². The van der Waals surface area contributed by atoms with Crippen LogP contribution in [0.5, 0.6) is 0 Å². The van der Waals surface area contributed by atoms with Crippen LogP contribution in [0.2, 0.25) is 0 Å². The Bertz CT molecular complexity index is 666. The Morgan fingerprint density at radius 1 is 1.50 bits per heavy atom. The number of allylic oxidation sites excluding steroid dienone is 1. The largest absolute Gasteiger partial charge is 0.452 e. The van der Waals surface area contributed by atoms with E-state index in [4.69, 9.17) is 9.47 Å². The summed E-state index contributed by atoms with van der Waals surface area (Å²) >= 11 is 0. The predicted octanol–water partition coefficient (Wildman–Crippen LogP) is 3.00. The van der Waals surface area contributed by atoms with Crippen molar-refractivity contribution in [3.05, 3.63) is 42.5 Å². The summed E-state index contributed by atoms with van der Waals surface area (Å²) < 4.78 is 10.4. The molecular formula is C17H19NO4. The Morgan fingerprint density at radius 3 is 2.82 bits per heavy atom. The second kappa shape index (κ2) is 4.60. The maximum absolute atomic E-state index is 12.3. The van der Waals surface area contributed by atoms with Gasteiger partial charge in [-0.1, -0.05) is 38.1 Å². The molecule has 2 aliphatic rings. The number of benzene rings is 1. The maximum Gasteiger partial charge on any atom is 0.417 e. The zero-order valence-electron chi connectivity index (χ0n) is 13.0. The molecule has 0 N–H and O–H groups in total. The van der Waals surface area contributed by atoms with Gasteiger partial charge in [-0.25, -0.2) is 9.69 Å². The van der Waals surface area contributed by atoms with Gasteiger partial charge in [0.15, 0.2) is 6.23 Å². The molecule has 0 saturated carbocycles. The van der Waals surface area contributed by atoms with Gasteiger partial charge in [-0.3, -0.25) is 4.79 Å². The van der Waals surface area contributed by atoms with Gasteiger partial charge in [-0.05, 0) is 17.0 Å². The molecule has 116 valence electrons. The van der Waals surface area contributed by atoms with E-state index >= 15 is 0 Å². The number of carbonyl (C=O) groups is 2. The first-order valence-electron chi connectivity index (χ1n) is 7.19. The first-order valence-corrected chi connectivity index (χ1v) is 7.19. The molecule has 0 radical (unpaired) electrons. The molecule has 1 saturated heterocycles. The van der Waals surface area contributed by atoms with Gasteiger partial charge in [-0.2, -0.15) is 0 Å². The van der Waals surface area contributed by atoms with E-state index in [1.54, 1.807) is 0 Å². The number of amides is 1. The number of fused-ring (bicyclic) bond motifs is 3.